The molecule has 0 saturated heterocycles. The van der Waals surface area contributed by atoms with E-state index in [0.717, 1.165) is 19.0 Å². The second-order valence-electron chi connectivity index (χ2n) is 6.00. The number of nitrogens with one attached hydrogen (secondary N) is 2. The quantitative estimate of drug-likeness (QED) is 0.848. The Balaban J connectivity index is 1.59. The molecular formula is C16H23BrN2. The summed E-state index contributed by atoms with van der Waals surface area (Å²) in [5.41, 5.74) is 2.67. The fraction of sp³-hybridized carbons (Fsp3) is 0.625. The van der Waals surface area contributed by atoms with Crippen molar-refractivity contribution in [2.75, 3.05) is 11.9 Å². The number of benzene rings is 1. The molecule has 1 aromatic rings. The molecule has 2 N–H and O–H groups in total. The molecule has 0 radical (unpaired) electrons. The molecule has 2 aliphatic rings. The minimum atomic E-state index is 0.620. The van der Waals surface area contributed by atoms with Crippen molar-refractivity contribution in [3.63, 3.8) is 0 Å². The molecular weight excluding hydrogens is 300 g/mol. The number of halogens is 1. The Labute approximate surface area is 124 Å². The molecule has 1 fully saturated rings. The van der Waals surface area contributed by atoms with Crippen LogP contribution in [0.4, 0.5) is 5.69 Å². The largest absolute Gasteiger partial charge is 0.383 e. The van der Waals surface area contributed by atoms with E-state index in [1.54, 1.807) is 0 Å². The van der Waals surface area contributed by atoms with E-state index >= 15 is 0 Å². The summed E-state index contributed by atoms with van der Waals surface area (Å²) >= 11 is 3.56. The van der Waals surface area contributed by atoms with E-state index in [1.807, 2.05) is 0 Å². The van der Waals surface area contributed by atoms with E-state index in [2.05, 4.69) is 44.8 Å². The average molecular weight is 323 g/mol. The van der Waals surface area contributed by atoms with Crippen LogP contribution < -0.4 is 10.6 Å². The van der Waals surface area contributed by atoms with Crippen LogP contribution in [0.2, 0.25) is 0 Å². The van der Waals surface area contributed by atoms with Crippen molar-refractivity contribution >= 4 is 21.6 Å². The van der Waals surface area contributed by atoms with E-state index in [0.29, 0.717) is 6.04 Å². The predicted octanol–water partition coefficient (Wildman–Crippen LogP) is 4.30. The van der Waals surface area contributed by atoms with Gasteiger partial charge in [-0.3, -0.25) is 0 Å². The highest BCUT2D eigenvalue weighted by atomic mass is 79.9. The van der Waals surface area contributed by atoms with Gasteiger partial charge in [-0.2, -0.15) is 0 Å². The van der Waals surface area contributed by atoms with Crippen molar-refractivity contribution in [2.45, 2.75) is 51.1 Å². The molecule has 1 aromatic carbocycles. The summed E-state index contributed by atoms with van der Waals surface area (Å²) in [6.07, 6.45) is 8.55. The van der Waals surface area contributed by atoms with Crippen LogP contribution in [0, 0.1) is 5.92 Å². The van der Waals surface area contributed by atoms with Gasteiger partial charge in [0.15, 0.2) is 0 Å². The molecule has 0 bridgehead atoms. The van der Waals surface area contributed by atoms with E-state index in [4.69, 9.17) is 0 Å². The van der Waals surface area contributed by atoms with Crippen LogP contribution in [0.1, 0.15) is 44.1 Å². The molecule has 19 heavy (non-hydrogen) atoms. The van der Waals surface area contributed by atoms with Crippen molar-refractivity contribution in [2.24, 2.45) is 5.92 Å². The third-order valence-corrected chi connectivity index (χ3v) is 5.02. The Morgan fingerprint density at radius 3 is 2.84 bits per heavy atom. The third-order valence-electron chi connectivity index (χ3n) is 4.53. The Morgan fingerprint density at radius 1 is 1.16 bits per heavy atom. The minimum absolute atomic E-state index is 0.620. The van der Waals surface area contributed by atoms with E-state index in [9.17, 15) is 0 Å². The normalized spacial score (nSPS) is 24.4. The Bertz CT molecular complexity index is 427. The van der Waals surface area contributed by atoms with E-state index < -0.39 is 0 Å². The fourth-order valence-electron chi connectivity index (χ4n) is 3.43. The standard InChI is InChI=1S/C16H23BrN2/c17-14-6-7-16-13(9-14)10-18-15(11-19-16)8-12-4-2-1-3-5-12/h6-7,9,12,15,18-19H,1-5,8,10-11H2/t15-/m1/s1. The molecule has 1 saturated carbocycles. The molecule has 0 unspecified atom stereocenters. The number of hydrogen-bond acceptors (Lipinski definition) is 2. The fourth-order valence-corrected chi connectivity index (χ4v) is 3.84. The summed E-state index contributed by atoms with van der Waals surface area (Å²) in [7, 11) is 0. The highest BCUT2D eigenvalue weighted by molar-refractivity contribution is 9.10. The maximum absolute atomic E-state index is 3.73. The first kappa shape index (κ1) is 13.4. The van der Waals surface area contributed by atoms with Crippen molar-refractivity contribution in [3.8, 4) is 0 Å². The molecule has 1 aliphatic carbocycles. The number of anilines is 1. The highest BCUT2D eigenvalue weighted by Crippen LogP contribution is 2.29. The van der Waals surface area contributed by atoms with Gasteiger partial charge in [-0.25, -0.2) is 0 Å². The first-order valence-electron chi connectivity index (χ1n) is 7.57. The van der Waals surface area contributed by atoms with Crippen LogP contribution >= 0.6 is 15.9 Å². The lowest BCUT2D eigenvalue weighted by Crippen LogP contribution is -2.35. The second kappa shape index (κ2) is 6.27. The zero-order valence-electron chi connectivity index (χ0n) is 11.4. The van der Waals surface area contributed by atoms with Gasteiger partial charge >= 0.3 is 0 Å². The first-order valence-corrected chi connectivity index (χ1v) is 8.36. The third kappa shape index (κ3) is 3.51. The Morgan fingerprint density at radius 2 is 2.00 bits per heavy atom. The summed E-state index contributed by atoms with van der Waals surface area (Å²) in [5.74, 6) is 0.945. The molecule has 0 amide bonds. The summed E-state index contributed by atoms with van der Waals surface area (Å²) in [6, 6.07) is 7.14. The molecule has 1 heterocycles. The molecule has 1 aliphatic heterocycles. The Kier molecular flexibility index (Phi) is 4.44. The topological polar surface area (TPSA) is 24.1 Å². The van der Waals surface area contributed by atoms with E-state index in [-0.39, 0.29) is 0 Å². The van der Waals surface area contributed by atoms with Gasteiger partial charge in [0, 0.05) is 29.3 Å². The summed E-state index contributed by atoms with van der Waals surface area (Å²) in [4.78, 5) is 0. The van der Waals surface area contributed by atoms with Crippen molar-refractivity contribution < 1.29 is 0 Å². The SMILES string of the molecule is Brc1ccc2c(c1)CN[C@H](CC1CCCCC1)CN2. The van der Waals surface area contributed by atoms with Crippen LogP contribution in [-0.4, -0.2) is 12.6 Å². The van der Waals surface area contributed by atoms with Gasteiger partial charge in [0.2, 0.25) is 0 Å². The summed E-state index contributed by atoms with van der Waals surface area (Å²) < 4.78 is 1.17. The van der Waals surface area contributed by atoms with Gasteiger partial charge in [0.1, 0.15) is 0 Å². The monoisotopic (exact) mass is 322 g/mol. The van der Waals surface area contributed by atoms with Crippen LogP contribution in [0.25, 0.3) is 0 Å². The van der Waals surface area contributed by atoms with Crippen LogP contribution in [0.5, 0.6) is 0 Å². The predicted molar refractivity (Wildman–Crippen MR) is 84.5 cm³/mol. The van der Waals surface area contributed by atoms with Crippen LogP contribution in [-0.2, 0) is 6.54 Å². The van der Waals surface area contributed by atoms with E-state index in [1.165, 1.54) is 54.2 Å². The molecule has 3 heteroatoms. The summed E-state index contributed by atoms with van der Waals surface area (Å²) in [6.45, 7) is 2.05. The Hall–Kier alpha value is -0.540. The molecule has 0 spiro atoms. The summed E-state index contributed by atoms with van der Waals surface area (Å²) in [5, 5.41) is 7.34. The highest BCUT2D eigenvalue weighted by Gasteiger charge is 2.21. The maximum Gasteiger partial charge on any atom is 0.0387 e. The van der Waals surface area contributed by atoms with Crippen molar-refractivity contribution in [1.29, 1.82) is 0 Å². The van der Waals surface area contributed by atoms with Crippen molar-refractivity contribution in [1.82, 2.24) is 5.32 Å². The number of fused-ring (bicyclic) bond motifs is 1. The first-order chi connectivity index (χ1) is 9.31. The number of hydrogen-bond donors (Lipinski definition) is 2. The molecule has 0 aromatic heterocycles. The van der Waals surface area contributed by atoms with Gasteiger partial charge in [-0.05, 0) is 36.1 Å². The lowest BCUT2D eigenvalue weighted by molar-refractivity contribution is 0.302. The van der Waals surface area contributed by atoms with Crippen LogP contribution in [0.3, 0.4) is 0 Å². The lowest BCUT2D eigenvalue weighted by atomic mass is 9.85. The van der Waals surface area contributed by atoms with Crippen LogP contribution in [0.15, 0.2) is 22.7 Å². The molecule has 3 rings (SSSR count). The second-order valence-corrected chi connectivity index (χ2v) is 6.92. The van der Waals surface area contributed by atoms with Gasteiger partial charge in [-0.15, -0.1) is 0 Å². The smallest absolute Gasteiger partial charge is 0.0387 e. The minimum Gasteiger partial charge on any atom is -0.383 e. The zero-order chi connectivity index (χ0) is 13.1. The zero-order valence-corrected chi connectivity index (χ0v) is 13.0. The van der Waals surface area contributed by atoms with Crippen molar-refractivity contribution in [3.05, 3.63) is 28.2 Å². The molecule has 104 valence electrons. The maximum atomic E-state index is 3.73. The lowest BCUT2D eigenvalue weighted by Gasteiger charge is -2.26. The molecule has 2 nitrogen and oxygen atoms in total. The average Bonchev–Trinajstić information content (AvgIpc) is 2.63. The molecule has 1 atom stereocenters. The van der Waals surface area contributed by atoms with Gasteiger partial charge < -0.3 is 10.6 Å². The van der Waals surface area contributed by atoms with Gasteiger partial charge in [0.25, 0.3) is 0 Å². The van der Waals surface area contributed by atoms with Gasteiger partial charge in [-0.1, -0.05) is 48.0 Å². The van der Waals surface area contributed by atoms with Gasteiger partial charge in [0.05, 0.1) is 0 Å². The number of rotatable bonds is 2.